The monoisotopic (exact) mass is 561 g/mol. The van der Waals surface area contributed by atoms with Gasteiger partial charge in [-0.15, -0.1) is 24.0 Å². The first-order valence-corrected chi connectivity index (χ1v) is 13.0. The average Bonchev–Trinajstić information content (AvgIpc) is 2.70. The van der Waals surface area contributed by atoms with Crippen LogP contribution in [0.5, 0.6) is 0 Å². The lowest BCUT2D eigenvalue weighted by molar-refractivity contribution is 0.00395. The van der Waals surface area contributed by atoms with Gasteiger partial charge in [0.1, 0.15) is 0 Å². The molecule has 1 atom stereocenters. The summed E-state index contributed by atoms with van der Waals surface area (Å²) in [4.78, 5) is 7.40. The molecule has 0 bridgehead atoms. The molecule has 180 valence electrons. The van der Waals surface area contributed by atoms with Gasteiger partial charge in [0.15, 0.2) is 5.96 Å². The van der Waals surface area contributed by atoms with Crippen molar-refractivity contribution in [2.24, 2.45) is 10.9 Å². The van der Waals surface area contributed by atoms with Crippen LogP contribution < -0.4 is 10.6 Å². The summed E-state index contributed by atoms with van der Waals surface area (Å²) < 4.78 is 30.4. The highest BCUT2D eigenvalue weighted by Crippen LogP contribution is 2.20. The van der Waals surface area contributed by atoms with Gasteiger partial charge in [-0.25, -0.2) is 12.7 Å². The molecule has 10 heteroatoms. The average molecular weight is 562 g/mol. The summed E-state index contributed by atoms with van der Waals surface area (Å²) in [5, 5.41) is 6.67. The Morgan fingerprint density at radius 1 is 1.13 bits per heavy atom. The fraction of sp³-hybridized carbons (Fsp3) is 0.950. The molecule has 0 aromatic heterocycles. The van der Waals surface area contributed by atoms with E-state index in [1.165, 1.54) is 10.6 Å². The standard InChI is InChI=1S/C20H43N5O3S.HI/c1-6-18(7-2)19(24-13-15-28-16-14-24)17-23-20(21-8-3)22-11-10-12-25(9-4)29(5,26)27;/h18-19H,6-17H2,1-5H3,(H2,21,22,23);1H. The Kier molecular flexibility index (Phi) is 16.4. The maximum atomic E-state index is 11.7. The van der Waals surface area contributed by atoms with E-state index in [-0.39, 0.29) is 24.0 Å². The summed E-state index contributed by atoms with van der Waals surface area (Å²) in [6, 6.07) is 0.421. The number of hydrogen-bond donors (Lipinski definition) is 2. The maximum absolute atomic E-state index is 11.7. The summed E-state index contributed by atoms with van der Waals surface area (Å²) in [5.74, 6) is 1.42. The van der Waals surface area contributed by atoms with E-state index in [0.29, 0.717) is 31.6 Å². The lowest BCUT2D eigenvalue weighted by Crippen LogP contribution is -2.49. The second kappa shape index (κ2) is 16.5. The maximum Gasteiger partial charge on any atom is 0.211 e. The molecule has 0 amide bonds. The largest absolute Gasteiger partial charge is 0.379 e. The minimum Gasteiger partial charge on any atom is -0.379 e. The van der Waals surface area contributed by atoms with Gasteiger partial charge >= 0.3 is 0 Å². The number of nitrogens with one attached hydrogen (secondary N) is 2. The first-order chi connectivity index (χ1) is 13.9. The molecule has 30 heavy (non-hydrogen) atoms. The molecule has 1 heterocycles. The van der Waals surface area contributed by atoms with Crippen molar-refractivity contribution in [1.29, 1.82) is 0 Å². The molecule has 1 aliphatic heterocycles. The summed E-state index contributed by atoms with van der Waals surface area (Å²) in [7, 11) is -3.13. The topological polar surface area (TPSA) is 86.3 Å². The number of guanidine groups is 1. The number of ether oxygens (including phenoxy) is 1. The van der Waals surface area contributed by atoms with Crippen molar-refractivity contribution in [1.82, 2.24) is 19.8 Å². The number of aliphatic imine (C=N–C) groups is 1. The zero-order valence-electron chi connectivity index (χ0n) is 19.5. The van der Waals surface area contributed by atoms with Crippen LogP contribution in [0, 0.1) is 5.92 Å². The second-order valence-electron chi connectivity index (χ2n) is 7.55. The van der Waals surface area contributed by atoms with Gasteiger partial charge in [0.05, 0.1) is 26.0 Å². The smallest absolute Gasteiger partial charge is 0.211 e. The van der Waals surface area contributed by atoms with E-state index >= 15 is 0 Å². The van der Waals surface area contributed by atoms with Gasteiger partial charge < -0.3 is 15.4 Å². The third-order valence-corrected chi connectivity index (χ3v) is 6.97. The van der Waals surface area contributed by atoms with Gasteiger partial charge in [-0.1, -0.05) is 33.6 Å². The number of morpholine rings is 1. The molecule has 0 aromatic rings. The van der Waals surface area contributed by atoms with Gasteiger partial charge in [-0.05, 0) is 19.3 Å². The Morgan fingerprint density at radius 2 is 1.77 bits per heavy atom. The number of halogens is 1. The fourth-order valence-electron chi connectivity index (χ4n) is 3.85. The van der Waals surface area contributed by atoms with Crippen LogP contribution in [0.1, 0.15) is 47.0 Å². The summed E-state index contributed by atoms with van der Waals surface area (Å²) in [6.07, 6.45) is 4.30. The van der Waals surface area contributed by atoms with Crippen molar-refractivity contribution >= 4 is 40.0 Å². The molecule has 0 aromatic carbocycles. The van der Waals surface area contributed by atoms with Crippen LogP contribution in [0.3, 0.4) is 0 Å². The third kappa shape index (κ3) is 10.9. The predicted octanol–water partition coefficient (Wildman–Crippen LogP) is 1.97. The molecule has 1 saturated heterocycles. The van der Waals surface area contributed by atoms with E-state index in [1.54, 1.807) is 0 Å². The molecule has 0 aliphatic carbocycles. The molecule has 1 rings (SSSR count). The van der Waals surface area contributed by atoms with Crippen molar-refractivity contribution in [3.63, 3.8) is 0 Å². The van der Waals surface area contributed by atoms with Gasteiger partial charge in [0.25, 0.3) is 0 Å². The van der Waals surface area contributed by atoms with E-state index in [9.17, 15) is 8.42 Å². The zero-order valence-corrected chi connectivity index (χ0v) is 22.7. The SMILES string of the molecule is CCNC(=NCC(C(CC)CC)N1CCOCC1)NCCCN(CC)S(C)(=O)=O.I. The van der Waals surface area contributed by atoms with E-state index in [4.69, 9.17) is 9.73 Å². The van der Waals surface area contributed by atoms with E-state index in [0.717, 1.165) is 64.6 Å². The highest BCUT2D eigenvalue weighted by Gasteiger charge is 2.26. The van der Waals surface area contributed by atoms with Crippen LogP contribution in [0.2, 0.25) is 0 Å². The summed E-state index contributed by atoms with van der Waals surface area (Å²) in [6.45, 7) is 15.2. The van der Waals surface area contributed by atoms with Gasteiger partial charge in [-0.2, -0.15) is 0 Å². The van der Waals surface area contributed by atoms with Crippen LogP contribution in [0.4, 0.5) is 0 Å². The minimum absolute atomic E-state index is 0. The Bertz CT molecular complexity index is 567. The summed E-state index contributed by atoms with van der Waals surface area (Å²) in [5.41, 5.74) is 0. The Hall–Kier alpha value is -0.170. The number of nitrogens with zero attached hydrogens (tertiary/aromatic N) is 3. The normalized spacial score (nSPS) is 17.1. The van der Waals surface area contributed by atoms with Gasteiger partial charge in [-0.3, -0.25) is 9.89 Å². The molecule has 0 radical (unpaired) electrons. The molecule has 0 spiro atoms. The minimum atomic E-state index is -3.13. The van der Waals surface area contributed by atoms with Crippen molar-refractivity contribution < 1.29 is 13.2 Å². The van der Waals surface area contributed by atoms with E-state index < -0.39 is 10.0 Å². The van der Waals surface area contributed by atoms with Crippen molar-refractivity contribution in [2.45, 2.75) is 53.0 Å². The molecule has 1 unspecified atom stereocenters. The molecule has 1 aliphatic rings. The lowest BCUT2D eigenvalue weighted by atomic mass is 9.92. The van der Waals surface area contributed by atoms with Crippen molar-refractivity contribution in [3.8, 4) is 0 Å². The highest BCUT2D eigenvalue weighted by molar-refractivity contribution is 14.0. The Balaban J connectivity index is 0.00000841. The van der Waals surface area contributed by atoms with Crippen molar-refractivity contribution in [2.75, 3.05) is 65.3 Å². The van der Waals surface area contributed by atoms with Crippen LogP contribution in [0.15, 0.2) is 4.99 Å². The number of sulfonamides is 1. The first-order valence-electron chi connectivity index (χ1n) is 11.2. The van der Waals surface area contributed by atoms with E-state index in [2.05, 4.69) is 36.3 Å². The van der Waals surface area contributed by atoms with Crippen LogP contribution >= 0.6 is 24.0 Å². The lowest BCUT2D eigenvalue weighted by Gasteiger charge is -2.38. The quantitative estimate of drug-likeness (QED) is 0.155. The number of rotatable bonds is 13. The summed E-state index contributed by atoms with van der Waals surface area (Å²) >= 11 is 0. The van der Waals surface area contributed by atoms with Crippen LogP contribution in [0.25, 0.3) is 0 Å². The molecular weight excluding hydrogens is 517 g/mol. The van der Waals surface area contributed by atoms with Crippen molar-refractivity contribution in [3.05, 3.63) is 0 Å². The molecule has 8 nitrogen and oxygen atoms in total. The Labute approximate surface area is 201 Å². The molecule has 0 saturated carbocycles. The van der Waals surface area contributed by atoms with Crippen LogP contribution in [-0.2, 0) is 14.8 Å². The molecular formula is C20H44IN5O3S. The number of hydrogen-bond acceptors (Lipinski definition) is 5. The van der Waals surface area contributed by atoms with Gasteiger partial charge in [0, 0.05) is 45.3 Å². The van der Waals surface area contributed by atoms with Gasteiger partial charge in [0.2, 0.25) is 10.0 Å². The molecule has 1 fully saturated rings. The first kappa shape index (κ1) is 29.8. The second-order valence-corrected chi connectivity index (χ2v) is 9.53. The molecule has 2 N–H and O–H groups in total. The Morgan fingerprint density at radius 3 is 2.27 bits per heavy atom. The highest BCUT2D eigenvalue weighted by atomic mass is 127. The third-order valence-electron chi connectivity index (χ3n) is 5.59. The van der Waals surface area contributed by atoms with E-state index in [1.807, 2.05) is 6.92 Å². The zero-order chi connectivity index (χ0) is 21.7. The predicted molar refractivity (Wildman–Crippen MR) is 136 cm³/mol. The van der Waals surface area contributed by atoms with Crippen LogP contribution in [-0.4, -0.2) is 94.9 Å². The fourth-order valence-corrected chi connectivity index (χ4v) is 4.78.